The molecular formula is C15H21NO. The molecule has 1 aromatic carbocycles. The third-order valence-corrected chi connectivity index (χ3v) is 4.12. The van der Waals surface area contributed by atoms with Gasteiger partial charge in [0.25, 0.3) is 0 Å². The van der Waals surface area contributed by atoms with E-state index in [1.54, 1.807) is 0 Å². The van der Waals surface area contributed by atoms with E-state index in [1.165, 1.54) is 29.5 Å². The highest BCUT2D eigenvalue weighted by Crippen LogP contribution is 2.34. The molecule has 2 heteroatoms. The molecule has 2 nitrogen and oxygen atoms in total. The second kappa shape index (κ2) is 4.11. The van der Waals surface area contributed by atoms with Gasteiger partial charge < -0.3 is 10.1 Å². The third kappa shape index (κ3) is 2.12. The van der Waals surface area contributed by atoms with E-state index in [0.29, 0.717) is 6.04 Å². The van der Waals surface area contributed by atoms with Crippen LogP contribution in [0.25, 0.3) is 0 Å². The van der Waals surface area contributed by atoms with E-state index in [1.807, 2.05) is 0 Å². The number of ether oxygens (including phenoxy) is 1. The summed E-state index contributed by atoms with van der Waals surface area (Å²) < 4.78 is 5.52. The van der Waals surface area contributed by atoms with Crippen molar-refractivity contribution in [2.24, 2.45) is 0 Å². The van der Waals surface area contributed by atoms with Crippen molar-refractivity contribution in [3.63, 3.8) is 0 Å². The minimum Gasteiger partial charge on any atom is -0.379 e. The average Bonchev–Trinajstić information content (AvgIpc) is 2.87. The van der Waals surface area contributed by atoms with Crippen LogP contribution in [0.2, 0.25) is 0 Å². The maximum atomic E-state index is 5.52. The van der Waals surface area contributed by atoms with E-state index < -0.39 is 0 Å². The van der Waals surface area contributed by atoms with Gasteiger partial charge in [0.05, 0.1) is 6.61 Å². The van der Waals surface area contributed by atoms with E-state index in [9.17, 15) is 0 Å². The molecule has 0 spiro atoms. The molecule has 1 aliphatic carbocycles. The van der Waals surface area contributed by atoms with Crippen molar-refractivity contribution in [1.29, 1.82) is 0 Å². The van der Waals surface area contributed by atoms with Gasteiger partial charge in [-0.2, -0.15) is 0 Å². The van der Waals surface area contributed by atoms with Crippen LogP contribution in [0.15, 0.2) is 18.2 Å². The standard InChI is InChI=1S/C15H21NO/c1-11-3-4-12-5-6-14(13(12)9-11)16-15(2)7-8-17-10-15/h3-4,9,14,16H,5-8,10H2,1-2H3/t14-,15-/m0/s1. The lowest BCUT2D eigenvalue weighted by molar-refractivity contribution is 0.166. The molecule has 92 valence electrons. The number of fused-ring (bicyclic) bond motifs is 1. The summed E-state index contributed by atoms with van der Waals surface area (Å²) >= 11 is 0. The maximum Gasteiger partial charge on any atom is 0.0646 e. The smallest absolute Gasteiger partial charge is 0.0646 e. The molecule has 3 rings (SSSR count). The molecule has 0 bridgehead atoms. The number of benzene rings is 1. The molecule has 2 atom stereocenters. The van der Waals surface area contributed by atoms with Crippen molar-refractivity contribution >= 4 is 0 Å². The molecule has 1 saturated heterocycles. The Bertz CT molecular complexity index is 421. The highest BCUT2D eigenvalue weighted by molar-refractivity contribution is 5.37. The Balaban J connectivity index is 1.81. The Morgan fingerprint density at radius 3 is 3.06 bits per heavy atom. The maximum absolute atomic E-state index is 5.52. The summed E-state index contributed by atoms with van der Waals surface area (Å²) in [4.78, 5) is 0. The summed E-state index contributed by atoms with van der Waals surface area (Å²) in [5.41, 5.74) is 4.58. The van der Waals surface area contributed by atoms with Crippen molar-refractivity contribution in [2.45, 2.75) is 44.7 Å². The first kappa shape index (κ1) is 11.2. The summed E-state index contributed by atoms with van der Waals surface area (Å²) in [6.45, 7) is 6.21. The molecule has 0 radical (unpaired) electrons. The molecule has 0 unspecified atom stereocenters. The Morgan fingerprint density at radius 1 is 1.41 bits per heavy atom. The third-order valence-electron chi connectivity index (χ3n) is 4.12. The predicted octanol–water partition coefficient (Wildman–Crippen LogP) is 2.75. The first-order valence-electron chi connectivity index (χ1n) is 6.61. The molecule has 17 heavy (non-hydrogen) atoms. The van der Waals surface area contributed by atoms with Gasteiger partial charge in [0.2, 0.25) is 0 Å². The molecule has 0 saturated carbocycles. The Morgan fingerprint density at radius 2 is 2.29 bits per heavy atom. The normalized spacial score (nSPS) is 31.8. The van der Waals surface area contributed by atoms with Crippen molar-refractivity contribution < 1.29 is 4.74 Å². The van der Waals surface area contributed by atoms with Gasteiger partial charge >= 0.3 is 0 Å². The highest BCUT2D eigenvalue weighted by Gasteiger charge is 2.34. The number of aryl methyl sites for hydroxylation is 2. The molecule has 1 N–H and O–H groups in total. The Labute approximate surface area is 103 Å². The van der Waals surface area contributed by atoms with E-state index in [4.69, 9.17) is 4.74 Å². The van der Waals surface area contributed by atoms with Gasteiger partial charge in [0.1, 0.15) is 0 Å². The van der Waals surface area contributed by atoms with Crippen LogP contribution in [0, 0.1) is 6.92 Å². The van der Waals surface area contributed by atoms with Crippen LogP contribution >= 0.6 is 0 Å². The van der Waals surface area contributed by atoms with Crippen LogP contribution in [0.1, 0.15) is 42.5 Å². The summed E-state index contributed by atoms with van der Waals surface area (Å²) in [6.07, 6.45) is 3.57. The number of hydrogen-bond donors (Lipinski definition) is 1. The minimum absolute atomic E-state index is 0.177. The van der Waals surface area contributed by atoms with Crippen LogP contribution in [-0.2, 0) is 11.2 Å². The van der Waals surface area contributed by atoms with Gasteiger partial charge in [0.15, 0.2) is 0 Å². The van der Waals surface area contributed by atoms with Crippen LogP contribution < -0.4 is 5.32 Å². The molecule has 1 heterocycles. The van der Waals surface area contributed by atoms with Gasteiger partial charge in [-0.3, -0.25) is 0 Å². The fourth-order valence-electron chi connectivity index (χ4n) is 3.07. The molecule has 1 aromatic rings. The largest absolute Gasteiger partial charge is 0.379 e. The van der Waals surface area contributed by atoms with Gasteiger partial charge in [-0.25, -0.2) is 0 Å². The van der Waals surface area contributed by atoms with Crippen LogP contribution in [-0.4, -0.2) is 18.8 Å². The van der Waals surface area contributed by atoms with Crippen molar-refractivity contribution in [3.8, 4) is 0 Å². The number of hydrogen-bond acceptors (Lipinski definition) is 2. The van der Waals surface area contributed by atoms with E-state index in [-0.39, 0.29) is 5.54 Å². The lowest BCUT2D eigenvalue weighted by atomic mass is 9.97. The fraction of sp³-hybridized carbons (Fsp3) is 0.600. The van der Waals surface area contributed by atoms with Crippen molar-refractivity contribution in [3.05, 3.63) is 34.9 Å². The molecular weight excluding hydrogens is 210 g/mol. The average molecular weight is 231 g/mol. The van der Waals surface area contributed by atoms with E-state index in [0.717, 1.165) is 19.6 Å². The zero-order valence-corrected chi connectivity index (χ0v) is 10.8. The summed E-state index contributed by atoms with van der Waals surface area (Å²) in [6, 6.07) is 7.39. The summed E-state index contributed by atoms with van der Waals surface area (Å²) in [5, 5.41) is 3.81. The lowest BCUT2D eigenvalue weighted by Crippen LogP contribution is -2.44. The van der Waals surface area contributed by atoms with Crippen LogP contribution in [0.5, 0.6) is 0 Å². The topological polar surface area (TPSA) is 21.3 Å². The minimum atomic E-state index is 0.177. The Kier molecular flexibility index (Phi) is 2.72. The predicted molar refractivity (Wildman–Crippen MR) is 69.2 cm³/mol. The Hall–Kier alpha value is -0.860. The SMILES string of the molecule is Cc1ccc2c(c1)[C@@H](N[C@@]1(C)CCOC1)CC2. The van der Waals surface area contributed by atoms with Crippen molar-refractivity contribution in [1.82, 2.24) is 5.32 Å². The zero-order chi connectivity index (χ0) is 11.9. The van der Waals surface area contributed by atoms with Gasteiger partial charge in [-0.05, 0) is 44.2 Å². The fourth-order valence-corrected chi connectivity index (χ4v) is 3.07. The second-order valence-electron chi connectivity index (χ2n) is 5.80. The van der Waals surface area contributed by atoms with E-state index >= 15 is 0 Å². The first-order chi connectivity index (χ1) is 8.16. The molecule has 1 aliphatic heterocycles. The molecule has 0 aromatic heterocycles. The lowest BCUT2D eigenvalue weighted by Gasteiger charge is -2.28. The molecule has 1 fully saturated rings. The van der Waals surface area contributed by atoms with Gasteiger partial charge in [-0.1, -0.05) is 23.8 Å². The van der Waals surface area contributed by atoms with E-state index in [2.05, 4.69) is 37.4 Å². The van der Waals surface area contributed by atoms with Crippen molar-refractivity contribution in [2.75, 3.05) is 13.2 Å². The van der Waals surface area contributed by atoms with Crippen LogP contribution in [0.3, 0.4) is 0 Å². The molecule has 0 amide bonds. The quantitative estimate of drug-likeness (QED) is 0.845. The number of rotatable bonds is 2. The van der Waals surface area contributed by atoms with Crippen LogP contribution in [0.4, 0.5) is 0 Å². The van der Waals surface area contributed by atoms with Gasteiger partial charge in [0, 0.05) is 18.2 Å². The second-order valence-corrected chi connectivity index (χ2v) is 5.80. The monoisotopic (exact) mass is 231 g/mol. The summed E-state index contributed by atoms with van der Waals surface area (Å²) in [5.74, 6) is 0. The van der Waals surface area contributed by atoms with Gasteiger partial charge in [-0.15, -0.1) is 0 Å². The first-order valence-corrected chi connectivity index (χ1v) is 6.61. The molecule has 2 aliphatic rings. The number of nitrogens with one attached hydrogen (secondary N) is 1. The highest BCUT2D eigenvalue weighted by atomic mass is 16.5. The zero-order valence-electron chi connectivity index (χ0n) is 10.8. The summed E-state index contributed by atoms with van der Waals surface area (Å²) in [7, 11) is 0.